The first-order valence-corrected chi connectivity index (χ1v) is 10.3. The summed E-state index contributed by atoms with van der Waals surface area (Å²) in [5.41, 5.74) is 2.66. The lowest BCUT2D eigenvalue weighted by atomic mass is 9.53. The van der Waals surface area contributed by atoms with E-state index in [1.54, 1.807) is 0 Å². The molecule has 3 aliphatic rings. The van der Waals surface area contributed by atoms with Crippen LogP contribution in [0.4, 0.5) is 4.79 Å². The Morgan fingerprint density at radius 1 is 1.30 bits per heavy atom. The third kappa shape index (κ3) is 3.10. The first-order chi connectivity index (χ1) is 12.9. The summed E-state index contributed by atoms with van der Waals surface area (Å²) < 4.78 is 4.68. The zero-order valence-electron chi connectivity index (χ0n) is 16.3. The van der Waals surface area contributed by atoms with Crippen molar-refractivity contribution >= 4 is 6.09 Å². The molecule has 0 spiro atoms. The minimum absolute atomic E-state index is 0.0460. The number of aliphatic hydroxyl groups is 1. The highest BCUT2D eigenvalue weighted by molar-refractivity contribution is 5.66. The minimum Gasteiger partial charge on any atom is -0.508 e. The molecule has 0 aliphatic heterocycles. The number of ether oxygens (including phenoxy) is 1. The van der Waals surface area contributed by atoms with E-state index in [0.717, 1.165) is 38.5 Å². The minimum atomic E-state index is -0.399. The molecule has 4 rings (SSSR count). The van der Waals surface area contributed by atoms with Gasteiger partial charge in [0, 0.05) is 6.54 Å². The first-order valence-electron chi connectivity index (χ1n) is 10.3. The van der Waals surface area contributed by atoms with Crippen molar-refractivity contribution in [3.8, 4) is 5.75 Å². The molecule has 27 heavy (non-hydrogen) atoms. The van der Waals surface area contributed by atoms with Crippen molar-refractivity contribution < 1.29 is 19.7 Å². The highest BCUT2D eigenvalue weighted by atomic mass is 16.5. The van der Waals surface area contributed by atoms with Crippen LogP contribution >= 0.6 is 0 Å². The number of hydrogen-bond acceptors (Lipinski definition) is 4. The molecule has 2 saturated carbocycles. The van der Waals surface area contributed by atoms with E-state index >= 15 is 0 Å². The number of fused-ring (bicyclic) bond motifs is 5. The van der Waals surface area contributed by atoms with Gasteiger partial charge in [0.15, 0.2) is 0 Å². The summed E-state index contributed by atoms with van der Waals surface area (Å²) in [6.07, 6.45) is 5.54. The van der Waals surface area contributed by atoms with Gasteiger partial charge in [-0.25, -0.2) is 4.79 Å². The van der Waals surface area contributed by atoms with Gasteiger partial charge in [0.25, 0.3) is 0 Å². The van der Waals surface area contributed by atoms with Crippen LogP contribution in [0.2, 0.25) is 0 Å². The highest BCUT2D eigenvalue weighted by Gasteiger charge is 2.55. The Hall–Kier alpha value is -1.75. The topological polar surface area (TPSA) is 78.8 Å². The number of aromatic hydroxyl groups is 1. The van der Waals surface area contributed by atoms with Crippen molar-refractivity contribution in [3.05, 3.63) is 29.3 Å². The number of alkyl carbamates (subject to hydrolysis) is 1. The van der Waals surface area contributed by atoms with Gasteiger partial charge >= 0.3 is 6.09 Å². The van der Waals surface area contributed by atoms with Crippen molar-refractivity contribution in [1.82, 2.24) is 5.32 Å². The van der Waals surface area contributed by atoms with Gasteiger partial charge in [0.2, 0.25) is 0 Å². The van der Waals surface area contributed by atoms with Crippen molar-refractivity contribution in [1.29, 1.82) is 0 Å². The lowest BCUT2D eigenvalue weighted by molar-refractivity contribution is -0.0252. The molecular formula is C22H31NO4. The Kier molecular flexibility index (Phi) is 4.83. The number of methoxy groups -OCH3 is 1. The number of carbonyl (C=O) groups is 1. The molecule has 0 unspecified atom stereocenters. The number of phenols is 1. The van der Waals surface area contributed by atoms with Crippen molar-refractivity contribution in [2.75, 3.05) is 13.7 Å². The average molecular weight is 373 g/mol. The van der Waals surface area contributed by atoms with Crippen LogP contribution in [-0.2, 0) is 4.74 Å². The highest BCUT2D eigenvalue weighted by Crippen LogP contribution is 2.62. The van der Waals surface area contributed by atoms with Gasteiger partial charge in [-0.2, -0.15) is 0 Å². The number of rotatable bonds is 3. The average Bonchev–Trinajstić information content (AvgIpc) is 2.96. The molecule has 5 heteroatoms. The molecule has 6 atom stereocenters. The third-order valence-electron chi connectivity index (χ3n) is 7.80. The summed E-state index contributed by atoms with van der Waals surface area (Å²) in [6, 6.07) is 5.84. The largest absolute Gasteiger partial charge is 0.508 e. The van der Waals surface area contributed by atoms with E-state index in [1.807, 2.05) is 12.1 Å². The van der Waals surface area contributed by atoms with E-state index in [9.17, 15) is 15.0 Å². The molecular weight excluding hydrogens is 342 g/mol. The maximum absolute atomic E-state index is 11.4. The number of phenolic OH excluding ortho intramolecular Hbond substituents is 1. The fraction of sp³-hybridized carbons (Fsp3) is 0.682. The van der Waals surface area contributed by atoms with Crippen molar-refractivity contribution in [2.24, 2.45) is 17.3 Å². The first kappa shape index (κ1) is 18.6. The quantitative estimate of drug-likeness (QED) is 0.751. The van der Waals surface area contributed by atoms with Crippen molar-refractivity contribution in [3.63, 3.8) is 0 Å². The molecule has 0 saturated heterocycles. The molecule has 1 aromatic rings. The molecule has 2 fully saturated rings. The second-order valence-electron chi connectivity index (χ2n) is 8.97. The van der Waals surface area contributed by atoms with Gasteiger partial charge < -0.3 is 20.3 Å². The van der Waals surface area contributed by atoms with E-state index < -0.39 is 6.09 Å². The molecule has 1 amide bonds. The smallest absolute Gasteiger partial charge is 0.406 e. The van der Waals surface area contributed by atoms with Gasteiger partial charge in [-0.1, -0.05) is 13.0 Å². The van der Waals surface area contributed by atoms with E-state index in [2.05, 4.69) is 23.0 Å². The lowest BCUT2D eigenvalue weighted by Gasteiger charge is -2.51. The number of carbonyl (C=O) groups excluding carboxylic acids is 1. The van der Waals surface area contributed by atoms with Crippen LogP contribution in [-0.4, -0.2) is 36.1 Å². The van der Waals surface area contributed by atoms with Crippen LogP contribution in [0.25, 0.3) is 0 Å². The second-order valence-corrected chi connectivity index (χ2v) is 8.97. The number of benzene rings is 1. The van der Waals surface area contributed by atoms with E-state index in [-0.39, 0.29) is 11.5 Å². The molecule has 0 heterocycles. The van der Waals surface area contributed by atoms with Gasteiger partial charge in [0.05, 0.1) is 13.2 Å². The van der Waals surface area contributed by atoms with Gasteiger partial charge in [0.1, 0.15) is 5.75 Å². The van der Waals surface area contributed by atoms with Crippen LogP contribution < -0.4 is 5.32 Å². The summed E-state index contributed by atoms with van der Waals surface area (Å²) in [4.78, 5) is 11.4. The summed E-state index contributed by atoms with van der Waals surface area (Å²) in [5, 5.41) is 23.5. The molecule has 0 bridgehead atoms. The maximum Gasteiger partial charge on any atom is 0.406 e. The van der Waals surface area contributed by atoms with Crippen LogP contribution in [0, 0.1) is 17.3 Å². The van der Waals surface area contributed by atoms with Crippen LogP contribution in [0.5, 0.6) is 5.75 Å². The van der Waals surface area contributed by atoms with Crippen LogP contribution in [0.3, 0.4) is 0 Å². The summed E-state index contributed by atoms with van der Waals surface area (Å²) in [6.45, 7) is 2.85. The number of nitrogens with one attached hydrogen (secondary N) is 1. The molecule has 3 aliphatic carbocycles. The maximum atomic E-state index is 11.4. The molecule has 3 N–H and O–H groups in total. The number of amides is 1. The fourth-order valence-corrected chi connectivity index (χ4v) is 6.38. The third-order valence-corrected chi connectivity index (χ3v) is 7.80. The zero-order chi connectivity index (χ0) is 19.2. The number of aliphatic hydroxyl groups excluding tert-OH is 1. The molecule has 148 valence electrons. The van der Waals surface area contributed by atoms with Gasteiger partial charge in [-0.3, -0.25) is 0 Å². The molecule has 0 radical (unpaired) electrons. The summed E-state index contributed by atoms with van der Waals surface area (Å²) in [5.74, 6) is 2.28. The standard InChI is InChI=1S/C22H31NO4/c1-22-9-7-16-15-4-3-14(24)12-17(15)13(8-10-23-21(26)27-2)11-18(16)19(22)5-6-20(22)25/h3-4,12-13,16,18-20,24-25H,5-11H2,1-2H3,(H,23,26)/t13-,16-,18-,19+,20+,22+/m1/s1. The predicted octanol–water partition coefficient (Wildman–Crippen LogP) is 3.90. The zero-order valence-corrected chi connectivity index (χ0v) is 16.3. The summed E-state index contributed by atoms with van der Waals surface area (Å²) in [7, 11) is 1.38. The number of hydrogen-bond donors (Lipinski definition) is 3. The SMILES string of the molecule is COC(=O)NCC[C@@H]1C[C@@H]2[C@H](CC[C@]3(C)[C@@H](O)CC[C@@H]23)c2ccc(O)cc21. The van der Waals surface area contributed by atoms with Gasteiger partial charge in [-0.05, 0) is 90.9 Å². The monoisotopic (exact) mass is 373 g/mol. The lowest BCUT2D eigenvalue weighted by Crippen LogP contribution is -2.44. The molecule has 0 aromatic heterocycles. The van der Waals surface area contributed by atoms with E-state index in [4.69, 9.17) is 0 Å². The Labute approximate surface area is 161 Å². The van der Waals surface area contributed by atoms with Gasteiger partial charge in [-0.15, -0.1) is 0 Å². The Balaban J connectivity index is 1.61. The normalized spacial score (nSPS) is 37.1. The summed E-state index contributed by atoms with van der Waals surface area (Å²) >= 11 is 0. The second kappa shape index (κ2) is 7.01. The van der Waals surface area contributed by atoms with Crippen LogP contribution in [0.1, 0.15) is 68.4 Å². The van der Waals surface area contributed by atoms with Crippen LogP contribution in [0.15, 0.2) is 18.2 Å². The predicted molar refractivity (Wildman–Crippen MR) is 103 cm³/mol. The van der Waals surface area contributed by atoms with E-state index in [1.165, 1.54) is 18.2 Å². The van der Waals surface area contributed by atoms with E-state index in [0.29, 0.717) is 36.0 Å². The fourth-order valence-electron chi connectivity index (χ4n) is 6.38. The van der Waals surface area contributed by atoms with Crippen molar-refractivity contribution in [2.45, 2.75) is 63.4 Å². The Bertz CT molecular complexity index is 720. The molecule has 5 nitrogen and oxygen atoms in total. The Morgan fingerprint density at radius 3 is 2.89 bits per heavy atom. The molecule has 1 aromatic carbocycles. The Morgan fingerprint density at radius 2 is 2.11 bits per heavy atom.